The predicted octanol–water partition coefficient (Wildman–Crippen LogP) is 1.48. The molecule has 1 aliphatic rings. The second kappa shape index (κ2) is 5.47. The molecule has 0 spiro atoms. The molecule has 1 aliphatic carbocycles. The molecule has 5 nitrogen and oxygen atoms in total. The molecule has 1 saturated carbocycles. The predicted molar refractivity (Wildman–Crippen MR) is 76.9 cm³/mol. The summed E-state index contributed by atoms with van der Waals surface area (Å²) < 4.78 is 32.8. The molecule has 1 heterocycles. The molecule has 1 aromatic heterocycles. The lowest BCUT2D eigenvalue weighted by molar-refractivity contribution is 0.465. The average molecular weight is 304 g/mol. The number of hydrogen-bond donors (Lipinski definition) is 2. The fraction of sp³-hybridized carbons (Fsp3) is 0.667. The van der Waals surface area contributed by atoms with E-state index in [0.29, 0.717) is 24.6 Å². The molecule has 0 atom stereocenters. The van der Waals surface area contributed by atoms with Crippen LogP contribution in [0.2, 0.25) is 0 Å². The molecule has 19 heavy (non-hydrogen) atoms. The van der Waals surface area contributed by atoms with Crippen molar-refractivity contribution in [2.24, 2.45) is 0 Å². The van der Waals surface area contributed by atoms with Crippen LogP contribution in [0.1, 0.15) is 24.4 Å². The second-order valence-electron chi connectivity index (χ2n) is 4.88. The molecule has 2 rings (SSSR count). The maximum atomic E-state index is 12.3. The minimum atomic E-state index is -3.48. The van der Waals surface area contributed by atoms with Crippen LogP contribution in [0, 0.1) is 6.92 Å². The van der Waals surface area contributed by atoms with Gasteiger partial charge in [0.2, 0.25) is 10.0 Å². The lowest BCUT2D eigenvalue weighted by Crippen LogP contribution is -2.31. The fourth-order valence-corrected chi connectivity index (χ4v) is 4.10. The Balaban J connectivity index is 2.10. The minimum absolute atomic E-state index is 0.110. The summed E-state index contributed by atoms with van der Waals surface area (Å²) in [6.45, 7) is 2.68. The van der Waals surface area contributed by atoms with Gasteiger partial charge >= 0.3 is 0 Å². The average Bonchev–Trinajstić information content (AvgIpc) is 3.05. The quantitative estimate of drug-likeness (QED) is 0.798. The molecule has 108 valence electrons. The summed E-state index contributed by atoms with van der Waals surface area (Å²) in [7, 11) is -1.69. The summed E-state index contributed by atoms with van der Waals surface area (Å²) in [6, 6.07) is 1.59. The Labute approximate surface area is 118 Å². The maximum absolute atomic E-state index is 12.3. The number of thioether (sulfide) groups is 1. The molecule has 0 amide bonds. The van der Waals surface area contributed by atoms with Crippen molar-refractivity contribution >= 4 is 21.8 Å². The third-order valence-corrected chi connectivity index (χ3v) is 6.32. The van der Waals surface area contributed by atoms with Crippen LogP contribution in [0.3, 0.4) is 0 Å². The molecule has 0 unspecified atom stereocenters. The zero-order chi connectivity index (χ0) is 14.1. The van der Waals surface area contributed by atoms with Gasteiger partial charge in [0.05, 0.1) is 6.54 Å². The number of aryl methyl sites for hydroxylation is 1. The van der Waals surface area contributed by atoms with Gasteiger partial charge in [0.1, 0.15) is 16.4 Å². The van der Waals surface area contributed by atoms with Crippen LogP contribution < -0.4 is 10.0 Å². The van der Waals surface area contributed by atoms with Crippen molar-refractivity contribution in [2.45, 2.75) is 36.0 Å². The highest BCUT2D eigenvalue weighted by Gasteiger charge is 2.42. The molecule has 1 aromatic rings. The number of furan rings is 1. The highest BCUT2D eigenvalue weighted by Crippen LogP contribution is 2.46. The molecule has 1 fully saturated rings. The lowest BCUT2D eigenvalue weighted by atomic mass is 10.4. The van der Waals surface area contributed by atoms with Crippen LogP contribution >= 0.6 is 11.8 Å². The van der Waals surface area contributed by atoms with Gasteiger partial charge in [-0.1, -0.05) is 0 Å². The van der Waals surface area contributed by atoms with E-state index in [2.05, 4.69) is 10.0 Å². The molecular weight excluding hydrogens is 284 g/mol. The molecular formula is C12H20N2O3S2. The van der Waals surface area contributed by atoms with Gasteiger partial charge in [0, 0.05) is 17.4 Å². The largest absolute Gasteiger partial charge is 0.464 e. The SMILES string of the molecule is CNCc1cc(S(=O)(=O)NCC2(SC)CC2)c(C)o1. The minimum Gasteiger partial charge on any atom is -0.464 e. The first-order valence-corrected chi connectivity index (χ1v) is 8.92. The van der Waals surface area contributed by atoms with Gasteiger partial charge in [-0.05, 0) is 33.1 Å². The molecule has 7 heteroatoms. The van der Waals surface area contributed by atoms with Crippen molar-refractivity contribution in [1.82, 2.24) is 10.0 Å². The van der Waals surface area contributed by atoms with E-state index in [1.54, 1.807) is 31.8 Å². The zero-order valence-corrected chi connectivity index (χ0v) is 13.1. The van der Waals surface area contributed by atoms with Crippen LogP contribution in [-0.4, -0.2) is 33.0 Å². The first kappa shape index (κ1) is 14.9. The Hall–Kier alpha value is -0.500. The molecule has 0 aromatic carbocycles. The highest BCUT2D eigenvalue weighted by molar-refractivity contribution is 8.00. The van der Waals surface area contributed by atoms with Crippen molar-refractivity contribution < 1.29 is 12.8 Å². The zero-order valence-electron chi connectivity index (χ0n) is 11.4. The van der Waals surface area contributed by atoms with Crippen LogP contribution in [0.25, 0.3) is 0 Å². The Morgan fingerprint density at radius 1 is 1.47 bits per heavy atom. The topological polar surface area (TPSA) is 71.3 Å². The number of nitrogens with one attached hydrogen (secondary N) is 2. The van der Waals surface area contributed by atoms with Crippen molar-refractivity contribution in [3.63, 3.8) is 0 Å². The van der Waals surface area contributed by atoms with Gasteiger partial charge in [-0.15, -0.1) is 0 Å². The van der Waals surface area contributed by atoms with E-state index in [-0.39, 0.29) is 9.64 Å². The number of hydrogen-bond acceptors (Lipinski definition) is 5. The number of sulfonamides is 1. The smallest absolute Gasteiger partial charge is 0.244 e. The van der Waals surface area contributed by atoms with E-state index >= 15 is 0 Å². The maximum Gasteiger partial charge on any atom is 0.244 e. The van der Waals surface area contributed by atoms with E-state index in [9.17, 15) is 8.42 Å². The lowest BCUT2D eigenvalue weighted by Gasteiger charge is -2.12. The highest BCUT2D eigenvalue weighted by atomic mass is 32.2. The summed E-state index contributed by atoms with van der Waals surface area (Å²) in [6.07, 6.45) is 4.17. The van der Waals surface area contributed by atoms with E-state index in [4.69, 9.17) is 4.42 Å². The van der Waals surface area contributed by atoms with E-state index in [1.165, 1.54) is 0 Å². The first-order valence-electron chi connectivity index (χ1n) is 6.21. The summed E-state index contributed by atoms with van der Waals surface area (Å²) in [5, 5.41) is 2.94. The summed E-state index contributed by atoms with van der Waals surface area (Å²) in [5.74, 6) is 1.07. The van der Waals surface area contributed by atoms with E-state index in [0.717, 1.165) is 12.8 Å². The third kappa shape index (κ3) is 3.34. The van der Waals surface area contributed by atoms with Gasteiger partial charge in [0.25, 0.3) is 0 Å². The van der Waals surface area contributed by atoms with Crippen LogP contribution in [0.5, 0.6) is 0 Å². The Kier molecular flexibility index (Phi) is 4.29. The number of rotatable bonds is 7. The summed E-state index contributed by atoms with van der Waals surface area (Å²) >= 11 is 1.73. The van der Waals surface area contributed by atoms with Crippen LogP contribution in [0.15, 0.2) is 15.4 Å². The molecule has 0 saturated heterocycles. The summed E-state index contributed by atoms with van der Waals surface area (Å²) in [4.78, 5) is 0.245. The molecule has 0 aliphatic heterocycles. The van der Waals surface area contributed by atoms with Gasteiger partial charge in [0.15, 0.2) is 0 Å². The fourth-order valence-electron chi connectivity index (χ4n) is 1.95. The Morgan fingerprint density at radius 3 is 2.68 bits per heavy atom. The Bertz CT molecular complexity index is 547. The summed E-state index contributed by atoms with van der Waals surface area (Å²) in [5.41, 5.74) is 0. The monoisotopic (exact) mass is 304 g/mol. The van der Waals surface area contributed by atoms with Crippen molar-refractivity contribution in [1.29, 1.82) is 0 Å². The van der Waals surface area contributed by atoms with Crippen LogP contribution in [-0.2, 0) is 16.6 Å². The van der Waals surface area contributed by atoms with Gasteiger partial charge < -0.3 is 9.73 Å². The van der Waals surface area contributed by atoms with Gasteiger partial charge in [-0.3, -0.25) is 0 Å². The van der Waals surface area contributed by atoms with Crippen molar-refractivity contribution in [2.75, 3.05) is 19.8 Å². The second-order valence-corrected chi connectivity index (χ2v) is 7.88. The van der Waals surface area contributed by atoms with E-state index in [1.807, 2.05) is 6.26 Å². The van der Waals surface area contributed by atoms with Gasteiger partial charge in [-0.2, -0.15) is 11.8 Å². The normalized spacial score (nSPS) is 17.6. The van der Waals surface area contributed by atoms with Crippen LogP contribution in [0.4, 0.5) is 0 Å². The molecule has 2 N–H and O–H groups in total. The van der Waals surface area contributed by atoms with Crippen molar-refractivity contribution in [3.05, 3.63) is 17.6 Å². The van der Waals surface area contributed by atoms with E-state index < -0.39 is 10.0 Å². The third-order valence-electron chi connectivity index (χ3n) is 3.39. The standard InChI is InChI=1S/C12H20N2O3S2/c1-9-11(6-10(17-9)7-13-2)19(15,16)14-8-12(18-3)4-5-12/h6,13-14H,4-5,7-8H2,1-3H3. The van der Waals surface area contributed by atoms with Crippen molar-refractivity contribution in [3.8, 4) is 0 Å². The molecule has 0 bridgehead atoms. The molecule has 0 radical (unpaired) electrons. The first-order chi connectivity index (χ1) is 8.92. The van der Waals surface area contributed by atoms with Gasteiger partial charge in [-0.25, -0.2) is 13.1 Å². The Morgan fingerprint density at radius 2 is 2.16 bits per heavy atom.